The second kappa shape index (κ2) is 4.70. The van der Waals surface area contributed by atoms with E-state index in [4.69, 9.17) is 4.74 Å². The predicted octanol–water partition coefficient (Wildman–Crippen LogP) is 2.74. The number of ether oxygens (including phenoxy) is 1. The maximum Gasteiger partial charge on any atom is 0.164 e. The van der Waals surface area contributed by atoms with Crippen LogP contribution in [-0.4, -0.2) is 17.8 Å². The molecule has 1 fully saturated rings. The SMILES string of the molecule is CCC1CC(O)(c2cccc(F)c2F)CCO1. The Bertz CT molecular complexity index is 408. The lowest BCUT2D eigenvalue weighted by Gasteiger charge is -2.37. The van der Waals surface area contributed by atoms with E-state index in [1.54, 1.807) is 0 Å². The third-order valence-corrected chi connectivity index (χ3v) is 3.34. The number of hydrogen-bond donors (Lipinski definition) is 1. The molecule has 1 saturated heterocycles. The largest absolute Gasteiger partial charge is 0.385 e. The summed E-state index contributed by atoms with van der Waals surface area (Å²) in [6.45, 7) is 2.31. The molecule has 0 aliphatic carbocycles. The van der Waals surface area contributed by atoms with Gasteiger partial charge in [0.15, 0.2) is 11.6 Å². The zero-order valence-corrected chi connectivity index (χ0v) is 9.75. The smallest absolute Gasteiger partial charge is 0.164 e. The molecule has 1 aromatic carbocycles. The van der Waals surface area contributed by atoms with Crippen LogP contribution < -0.4 is 0 Å². The molecule has 2 rings (SSSR count). The fourth-order valence-corrected chi connectivity index (χ4v) is 2.30. The standard InChI is InChI=1S/C13H16F2O2/c1-2-9-8-13(16,6-7-17-9)10-4-3-5-11(14)12(10)15/h3-5,9,16H,2,6-8H2,1H3. The van der Waals surface area contributed by atoms with E-state index in [-0.39, 0.29) is 11.7 Å². The van der Waals surface area contributed by atoms with Gasteiger partial charge in [-0.2, -0.15) is 0 Å². The average molecular weight is 242 g/mol. The molecule has 2 atom stereocenters. The fraction of sp³-hybridized carbons (Fsp3) is 0.538. The minimum atomic E-state index is -1.31. The summed E-state index contributed by atoms with van der Waals surface area (Å²) in [6, 6.07) is 3.91. The first-order valence-corrected chi connectivity index (χ1v) is 5.85. The van der Waals surface area contributed by atoms with Gasteiger partial charge in [0.2, 0.25) is 0 Å². The molecule has 1 aliphatic heterocycles. The second-order valence-corrected chi connectivity index (χ2v) is 4.49. The van der Waals surface area contributed by atoms with E-state index in [1.807, 2.05) is 6.92 Å². The van der Waals surface area contributed by atoms with E-state index in [0.29, 0.717) is 19.4 Å². The van der Waals surface area contributed by atoms with Crippen LogP contribution in [0.25, 0.3) is 0 Å². The highest BCUT2D eigenvalue weighted by molar-refractivity contribution is 5.26. The first-order valence-electron chi connectivity index (χ1n) is 5.85. The molecule has 2 unspecified atom stereocenters. The fourth-order valence-electron chi connectivity index (χ4n) is 2.30. The van der Waals surface area contributed by atoms with Crippen molar-refractivity contribution in [1.82, 2.24) is 0 Å². The zero-order valence-electron chi connectivity index (χ0n) is 9.75. The third kappa shape index (κ3) is 2.33. The molecule has 0 spiro atoms. The highest BCUT2D eigenvalue weighted by atomic mass is 19.2. The van der Waals surface area contributed by atoms with Crippen LogP contribution >= 0.6 is 0 Å². The number of hydrogen-bond acceptors (Lipinski definition) is 2. The summed E-state index contributed by atoms with van der Waals surface area (Å²) in [6.07, 6.45) is 1.25. The van der Waals surface area contributed by atoms with Crippen molar-refractivity contribution in [2.24, 2.45) is 0 Å². The Balaban J connectivity index is 2.33. The van der Waals surface area contributed by atoms with E-state index in [9.17, 15) is 13.9 Å². The summed E-state index contributed by atoms with van der Waals surface area (Å²) in [5, 5.41) is 10.5. The molecular weight excluding hydrogens is 226 g/mol. The molecule has 0 amide bonds. The van der Waals surface area contributed by atoms with Crippen molar-refractivity contribution < 1.29 is 18.6 Å². The normalized spacial score (nSPS) is 29.3. The van der Waals surface area contributed by atoms with Gasteiger partial charge in [0, 0.05) is 18.4 Å². The number of halogens is 2. The van der Waals surface area contributed by atoms with Crippen molar-refractivity contribution in [1.29, 1.82) is 0 Å². The Morgan fingerprint density at radius 2 is 2.24 bits per heavy atom. The molecule has 1 heterocycles. The summed E-state index contributed by atoms with van der Waals surface area (Å²) in [4.78, 5) is 0. The summed E-state index contributed by atoms with van der Waals surface area (Å²) in [7, 11) is 0. The molecule has 0 aromatic heterocycles. The minimum Gasteiger partial charge on any atom is -0.385 e. The average Bonchev–Trinajstić information content (AvgIpc) is 2.32. The quantitative estimate of drug-likeness (QED) is 0.864. The molecule has 1 aromatic rings. The summed E-state index contributed by atoms with van der Waals surface area (Å²) in [5.41, 5.74) is -1.27. The van der Waals surface area contributed by atoms with Crippen molar-refractivity contribution in [2.45, 2.75) is 37.9 Å². The van der Waals surface area contributed by atoms with Crippen molar-refractivity contribution in [3.05, 3.63) is 35.4 Å². The van der Waals surface area contributed by atoms with Crippen LogP contribution in [0.1, 0.15) is 31.7 Å². The lowest BCUT2D eigenvalue weighted by atomic mass is 9.83. The van der Waals surface area contributed by atoms with E-state index in [1.165, 1.54) is 12.1 Å². The maximum atomic E-state index is 13.7. The second-order valence-electron chi connectivity index (χ2n) is 4.49. The van der Waals surface area contributed by atoms with Gasteiger partial charge in [-0.25, -0.2) is 8.78 Å². The topological polar surface area (TPSA) is 29.5 Å². The van der Waals surface area contributed by atoms with Crippen LogP contribution in [0.4, 0.5) is 8.78 Å². The van der Waals surface area contributed by atoms with Crippen molar-refractivity contribution in [3.63, 3.8) is 0 Å². The molecule has 0 radical (unpaired) electrons. The maximum absolute atomic E-state index is 13.7. The van der Waals surface area contributed by atoms with E-state index >= 15 is 0 Å². The van der Waals surface area contributed by atoms with E-state index in [2.05, 4.69) is 0 Å². The first kappa shape index (κ1) is 12.5. The van der Waals surface area contributed by atoms with Gasteiger partial charge >= 0.3 is 0 Å². The molecule has 1 aliphatic rings. The summed E-state index contributed by atoms with van der Waals surface area (Å²) in [5.74, 6) is -1.87. The minimum absolute atomic E-state index is 0.0410. The van der Waals surface area contributed by atoms with Gasteiger partial charge in [-0.1, -0.05) is 19.1 Å². The van der Waals surface area contributed by atoms with Gasteiger partial charge in [-0.05, 0) is 12.5 Å². The molecule has 17 heavy (non-hydrogen) atoms. The molecule has 0 bridgehead atoms. The number of benzene rings is 1. The van der Waals surface area contributed by atoms with Crippen LogP contribution in [-0.2, 0) is 10.3 Å². The lowest BCUT2D eigenvalue weighted by molar-refractivity contribution is -0.110. The Morgan fingerprint density at radius 1 is 1.47 bits per heavy atom. The van der Waals surface area contributed by atoms with Crippen LogP contribution in [0.15, 0.2) is 18.2 Å². The van der Waals surface area contributed by atoms with Crippen molar-refractivity contribution in [3.8, 4) is 0 Å². The highest BCUT2D eigenvalue weighted by Crippen LogP contribution is 2.37. The van der Waals surface area contributed by atoms with E-state index in [0.717, 1.165) is 12.5 Å². The number of aliphatic hydroxyl groups is 1. The molecule has 94 valence electrons. The van der Waals surface area contributed by atoms with Gasteiger partial charge in [-0.3, -0.25) is 0 Å². The predicted molar refractivity (Wildman–Crippen MR) is 59.5 cm³/mol. The van der Waals surface area contributed by atoms with Gasteiger partial charge in [0.1, 0.15) is 0 Å². The highest BCUT2D eigenvalue weighted by Gasteiger charge is 2.38. The summed E-state index contributed by atoms with van der Waals surface area (Å²) >= 11 is 0. The first-order chi connectivity index (χ1) is 8.07. The zero-order chi connectivity index (χ0) is 12.5. The van der Waals surface area contributed by atoms with Gasteiger partial charge < -0.3 is 9.84 Å². The molecule has 2 nitrogen and oxygen atoms in total. The van der Waals surface area contributed by atoms with Crippen LogP contribution in [0.2, 0.25) is 0 Å². The Kier molecular flexibility index (Phi) is 3.45. The summed E-state index contributed by atoms with van der Waals surface area (Å²) < 4.78 is 32.3. The van der Waals surface area contributed by atoms with Crippen molar-refractivity contribution >= 4 is 0 Å². The Morgan fingerprint density at radius 3 is 2.94 bits per heavy atom. The monoisotopic (exact) mass is 242 g/mol. The van der Waals surface area contributed by atoms with Crippen LogP contribution in [0, 0.1) is 11.6 Å². The molecule has 1 N–H and O–H groups in total. The number of rotatable bonds is 2. The van der Waals surface area contributed by atoms with Gasteiger partial charge in [0.05, 0.1) is 18.3 Å². The van der Waals surface area contributed by atoms with Crippen LogP contribution in [0.3, 0.4) is 0 Å². The molecular formula is C13H16F2O2. The van der Waals surface area contributed by atoms with Gasteiger partial charge in [0.25, 0.3) is 0 Å². The molecule has 4 heteroatoms. The van der Waals surface area contributed by atoms with E-state index < -0.39 is 17.2 Å². The Hall–Kier alpha value is -1.00. The molecule has 0 saturated carbocycles. The Labute approximate surface area is 99.2 Å². The van der Waals surface area contributed by atoms with Gasteiger partial charge in [-0.15, -0.1) is 0 Å². The van der Waals surface area contributed by atoms with Crippen molar-refractivity contribution in [2.75, 3.05) is 6.61 Å². The third-order valence-electron chi connectivity index (χ3n) is 3.34. The lowest BCUT2D eigenvalue weighted by Crippen LogP contribution is -2.39. The van der Waals surface area contributed by atoms with Crippen LogP contribution in [0.5, 0.6) is 0 Å².